The first-order valence-electron chi connectivity index (χ1n) is 8.40. The molecule has 1 saturated heterocycles. The van der Waals surface area contributed by atoms with E-state index in [4.69, 9.17) is 4.74 Å². The molecule has 0 atom stereocenters. The highest BCUT2D eigenvalue weighted by Crippen LogP contribution is 2.25. The van der Waals surface area contributed by atoms with Crippen LogP contribution < -0.4 is 14.8 Å². The van der Waals surface area contributed by atoms with Crippen LogP contribution in [0.3, 0.4) is 0 Å². The molecular formula is C16H19N5O5S2. The van der Waals surface area contributed by atoms with Crippen LogP contribution in [-0.2, 0) is 10.0 Å². The zero-order valence-corrected chi connectivity index (χ0v) is 16.9. The predicted octanol–water partition coefficient (Wildman–Crippen LogP) is 1.60. The summed E-state index contributed by atoms with van der Waals surface area (Å²) < 4.78 is 32.1. The third kappa shape index (κ3) is 4.39. The van der Waals surface area contributed by atoms with E-state index in [1.54, 1.807) is 17.9 Å². The second kappa shape index (κ2) is 8.10. The van der Waals surface area contributed by atoms with Crippen LogP contribution in [-0.4, -0.2) is 55.4 Å². The number of amides is 3. The SMILES string of the molecule is COc1cc(C)nc(NC(=O)NS(=O)(=O)c2ccsc2C(=O)N2CCCC2)n1. The lowest BCUT2D eigenvalue weighted by Gasteiger charge is -2.15. The van der Waals surface area contributed by atoms with Crippen molar-refractivity contribution in [2.45, 2.75) is 24.7 Å². The molecule has 0 saturated carbocycles. The van der Waals surface area contributed by atoms with E-state index in [1.807, 2.05) is 4.72 Å². The average Bonchev–Trinajstić information content (AvgIpc) is 3.32. The minimum Gasteiger partial charge on any atom is -0.481 e. The second-order valence-corrected chi connectivity index (χ2v) is 8.62. The van der Waals surface area contributed by atoms with Crippen molar-refractivity contribution in [1.29, 1.82) is 0 Å². The molecule has 12 heteroatoms. The van der Waals surface area contributed by atoms with E-state index in [9.17, 15) is 18.0 Å². The third-order valence-electron chi connectivity index (χ3n) is 4.00. The van der Waals surface area contributed by atoms with Gasteiger partial charge in [0.05, 0.1) is 7.11 Å². The van der Waals surface area contributed by atoms with Gasteiger partial charge < -0.3 is 9.64 Å². The Kier molecular flexibility index (Phi) is 5.79. The van der Waals surface area contributed by atoms with Crippen molar-refractivity contribution in [1.82, 2.24) is 19.6 Å². The maximum absolute atomic E-state index is 12.6. The van der Waals surface area contributed by atoms with Crippen molar-refractivity contribution in [2.24, 2.45) is 0 Å². The molecule has 3 rings (SSSR count). The number of nitrogens with one attached hydrogen (secondary N) is 2. The average molecular weight is 425 g/mol. The Morgan fingerprint density at radius 3 is 2.64 bits per heavy atom. The Morgan fingerprint density at radius 2 is 1.96 bits per heavy atom. The summed E-state index contributed by atoms with van der Waals surface area (Å²) in [4.78, 5) is 34.1. The zero-order valence-electron chi connectivity index (χ0n) is 15.3. The summed E-state index contributed by atoms with van der Waals surface area (Å²) in [5.41, 5.74) is 0.529. The number of aryl methyl sites for hydroxylation is 1. The lowest BCUT2D eigenvalue weighted by molar-refractivity contribution is 0.0794. The molecule has 2 aromatic heterocycles. The molecular weight excluding hydrogens is 406 g/mol. The Morgan fingerprint density at radius 1 is 1.25 bits per heavy atom. The van der Waals surface area contributed by atoms with Crippen LogP contribution in [0, 0.1) is 6.92 Å². The van der Waals surface area contributed by atoms with Crippen LogP contribution in [0.4, 0.5) is 10.7 Å². The van der Waals surface area contributed by atoms with Crippen molar-refractivity contribution in [3.8, 4) is 5.88 Å². The number of carbonyl (C=O) groups is 2. The van der Waals surface area contributed by atoms with Gasteiger partial charge in [0.1, 0.15) is 9.77 Å². The molecule has 1 aliphatic heterocycles. The highest BCUT2D eigenvalue weighted by molar-refractivity contribution is 7.90. The van der Waals surface area contributed by atoms with E-state index >= 15 is 0 Å². The number of methoxy groups -OCH3 is 1. The van der Waals surface area contributed by atoms with E-state index in [-0.39, 0.29) is 27.5 Å². The molecule has 0 bridgehead atoms. The normalized spacial score (nSPS) is 14.0. The minimum atomic E-state index is -4.25. The molecule has 1 aliphatic rings. The van der Waals surface area contributed by atoms with E-state index in [2.05, 4.69) is 15.3 Å². The minimum absolute atomic E-state index is 0.0793. The first-order valence-corrected chi connectivity index (χ1v) is 10.8. The number of rotatable bonds is 5. The summed E-state index contributed by atoms with van der Waals surface area (Å²) in [5.74, 6) is -0.231. The molecule has 3 amide bonds. The van der Waals surface area contributed by atoms with E-state index < -0.39 is 16.1 Å². The summed E-state index contributed by atoms with van der Waals surface area (Å²) in [6, 6.07) is 1.82. The van der Waals surface area contributed by atoms with Crippen molar-refractivity contribution >= 4 is 39.2 Å². The number of likely N-dealkylation sites (tertiary alicyclic amines) is 1. The zero-order chi connectivity index (χ0) is 20.3. The maximum atomic E-state index is 12.6. The highest BCUT2D eigenvalue weighted by Gasteiger charge is 2.29. The first kappa shape index (κ1) is 20.0. The Balaban J connectivity index is 1.75. The summed E-state index contributed by atoms with van der Waals surface area (Å²) in [5, 5.41) is 3.76. The van der Waals surface area contributed by atoms with Gasteiger partial charge in [-0.2, -0.15) is 4.98 Å². The Hall–Kier alpha value is -2.73. The van der Waals surface area contributed by atoms with Crippen LogP contribution in [0.1, 0.15) is 28.2 Å². The number of hydrogen-bond donors (Lipinski definition) is 2. The monoisotopic (exact) mass is 425 g/mol. The van der Waals surface area contributed by atoms with Gasteiger partial charge in [0.2, 0.25) is 11.8 Å². The molecule has 10 nitrogen and oxygen atoms in total. The van der Waals surface area contributed by atoms with Crippen LogP contribution in [0.25, 0.3) is 0 Å². The fraction of sp³-hybridized carbons (Fsp3) is 0.375. The fourth-order valence-corrected chi connectivity index (χ4v) is 5.03. The smallest absolute Gasteiger partial charge is 0.335 e. The lowest BCUT2D eigenvalue weighted by atomic mass is 10.4. The van der Waals surface area contributed by atoms with Crippen molar-refractivity contribution in [2.75, 3.05) is 25.5 Å². The Bertz CT molecular complexity index is 999. The van der Waals surface area contributed by atoms with Crippen LogP contribution in [0.15, 0.2) is 22.4 Å². The van der Waals surface area contributed by atoms with E-state index in [1.165, 1.54) is 18.6 Å². The van der Waals surface area contributed by atoms with Crippen molar-refractivity contribution < 1.29 is 22.7 Å². The van der Waals surface area contributed by atoms with Crippen molar-refractivity contribution in [3.63, 3.8) is 0 Å². The molecule has 2 aromatic rings. The molecule has 1 fully saturated rings. The van der Waals surface area contributed by atoms with Gasteiger partial charge in [-0.1, -0.05) is 0 Å². The number of ether oxygens (including phenoxy) is 1. The third-order valence-corrected chi connectivity index (χ3v) is 6.40. The molecule has 3 heterocycles. The summed E-state index contributed by atoms with van der Waals surface area (Å²) >= 11 is 1.03. The van der Waals surface area contributed by atoms with Crippen LogP contribution in [0.5, 0.6) is 5.88 Å². The van der Waals surface area contributed by atoms with Crippen LogP contribution >= 0.6 is 11.3 Å². The number of carbonyl (C=O) groups excluding carboxylic acids is 2. The summed E-state index contributed by atoms with van der Waals surface area (Å²) in [7, 11) is -2.84. The van der Waals surface area contributed by atoms with E-state index in [0.29, 0.717) is 18.8 Å². The largest absolute Gasteiger partial charge is 0.481 e. The number of sulfonamides is 1. The molecule has 28 heavy (non-hydrogen) atoms. The molecule has 0 unspecified atom stereocenters. The summed E-state index contributed by atoms with van der Waals surface area (Å²) in [6.07, 6.45) is 1.78. The number of nitrogens with zero attached hydrogens (tertiary/aromatic N) is 3. The van der Waals surface area contributed by atoms with E-state index in [0.717, 1.165) is 24.2 Å². The van der Waals surface area contributed by atoms with Gasteiger partial charge in [-0.15, -0.1) is 11.3 Å². The van der Waals surface area contributed by atoms with Gasteiger partial charge in [0.25, 0.3) is 15.9 Å². The van der Waals surface area contributed by atoms with Gasteiger partial charge in [-0.25, -0.2) is 22.9 Å². The van der Waals surface area contributed by atoms with Gasteiger partial charge in [-0.3, -0.25) is 10.1 Å². The number of hydrogen-bond acceptors (Lipinski definition) is 8. The molecule has 0 spiro atoms. The van der Waals surface area contributed by atoms with Gasteiger partial charge in [0.15, 0.2) is 0 Å². The highest BCUT2D eigenvalue weighted by atomic mass is 32.2. The van der Waals surface area contributed by atoms with Gasteiger partial charge in [0, 0.05) is 24.8 Å². The quantitative estimate of drug-likeness (QED) is 0.744. The predicted molar refractivity (Wildman–Crippen MR) is 102 cm³/mol. The van der Waals surface area contributed by atoms with Gasteiger partial charge in [-0.05, 0) is 31.2 Å². The number of aromatic nitrogens is 2. The first-order chi connectivity index (χ1) is 13.3. The molecule has 0 radical (unpaired) electrons. The molecule has 0 aromatic carbocycles. The summed E-state index contributed by atoms with van der Waals surface area (Å²) in [6.45, 7) is 2.86. The molecule has 2 N–H and O–H groups in total. The molecule has 150 valence electrons. The van der Waals surface area contributed by atoms with Crippen molar-refractivity contribution in [3.05, 3.63) is 28.1 Å². The standard InChI is InChI=1S/C16H19N5O5S2/c1-10-9-12(26-2)18-15(17-10)19-16(23)20-28(24,25)11-5-8-27-13(11)14(22)21-6-3-4-7-21/h5,8-9H,3-4,6-7H2,1-2H3,(H2,17,18,19,20,23). The topological polar surface area (TPSA) is 131 Å². The van der Waals surface area contributed by atoms with Crippen LogP contribution in [0.2, 0.25) is 0 Å². The Labute approximate surface area is 166 Å². The second-order valence-electron chi connectivity index (χ2n) is 6.05. The molecule has 0 aliphatic carbocycles. The number of anilines is 1. The lowest BCUT2D eigenvalue weighted by Crippen LogP contribution is -2.36. The maximum Gasteiger partial charge on any atom is 0.335 e. The van der Waals surface area contributed by atoms with Gasteiger partial charge >= 0.3 is 6.03 Å². The number of urea groups is 1. The fourth-order valence-electron chi connectivity index (χ4n) is 2.73. The number of thiophene rings is 1.